The van der Waals surface area contributed by atoms with Crippen molar-refractivity contribution in [3.05, 3.63) is 46.9 Å². The summed E-state index contributed by atoms with van der Waals surface area (Å²) in [6.07, 6.45) is 0.766. The van der Waals surface area contributed by atoms with E-state index in [9.17, 15) is 14.0 Å². The number of para-hydroxylation sites is 1. The van der Waals surface area contributed by atoms with E-state index in [1.165, 1.54) is 6.07 Å². The van der Waals surface area contributed by atoms with E-state index in [4.69, 9.17) is 0 Å². The second-order valence-electron chi connectivity index (χ2n) is 7.12. The van der Waals surface area contributed by atoms with E-state index in [-0.39, 0.29) is 23.2 Å². The van der Waals surface area contributed by atoms with E-state index in [0.29, 0.717) is 26.2 Å². The molecule has 6 nitrogen and oxygen atoms in total. The second-order valence-corrected chi connectivity index (χ2v) is 7.90. The zero-order chi connectivity index (χ0) is 19.0. The maximum Gasteiger partial charge on any atom is 0.321 e. The van der Waals surface area contributed by atoms with Crippen molar-refractivity contribution in [2.24, 2.45) is 0 Å². The summed E-state index contributed by atoms with van der Waals surface area (Å²) in [5.74, 6) is -0.389. The first kappa shape index (κ1) is 17.9. The van der Waals surface area contributed by atoms with Crippen LogP contribution in [0.25, 0.3) is 0 Å². The van der Waals surface area contributed by atoms with E-state index in [2.05, 4.69) is 10.2 Å². The minimum atomic E-state index is -0.455. The van der Waals surface area contributed by atoms with Crippen molar-refractivity contribution < 1.29 is 14.0 Å². The summed E-state index contributed by atoms with van der Waals surface area (Å²) in [5.41, 5.74) is 0.796. The highest BCUT2D eigenvalue weighted by molar-refractivity contribution is 7.08. The summed E-state index contributed by atoms with van der Waals surface area (Å²) >= 11 is 1.56. The van der Waals surface area contributed by atoms with Crippen molar-refractivity contribution in [2.45, 2.75) is 12.0 Å². The zero-order valence-corrected chi connectivity index (χ0v) is 15.8. The molecule has 27 heavy (non-hydrogen) atoms. The molecule has 4 rings (SSSR count). The highest BCUT2D eigenvalue weighted by Crippen LogP contribution is 2.34. The van der Waals surface area contributed by atoms with Crippen LogP contribution in [0.5, 0.6) is 0 Å². The molecular weight excluding hydrogens is 367 g/mol. The van der Waals surface area contributed by atoms with Gasteiger partial charge in [0, 0.05) is 25.0 Å². The maximum absolute atomic E-state index is 13.8. The Morgan fingerprint density at radius 2 is 2.07 bits per heavy atom. The van der Waals surface area contributed by atoms with Crippen LogP contribution >= 0.6 is 11.3 Å². The van der Waals surface area contributed by atoms with Crippen LogP contribution in [-0.2, 0) is 4.79 Å². The Hall–Kier alpha value is -2.45. The third-order valence-corrected chi connectivity index (χ3v) is 6.16. The molecule has 2 saturated heterocycles. The number of amides is 3. The monoisotopic (exact) mass is 388 g/mol. The van der Waals surface area contributed by atoms with Crippen LogP contribution in [0.4, 0.5) is 20.6 Å². The number of hydrogen-bond acceptors (Lipinski definition) is 4. The Morgan fingerprint density at radius 1 is 1.26 bits per heavy atom. The van der Waals surface area contributed by atoms with Crippen LogP contribution in [0.15, 0.2) is 41.1 Å². The molecule has 0 unspecified atom stereocenters. The van der Waals surface area contributed by atoms with Crippen LogP contribution < -0.4 is 10.2 Å². The molecule has 1 aromatic heterocycles. The van der Waals surface area contributed by atoms with E-state index in [1.807, 2.05) is 28.8 Å². The molecule has 0 bridgehead atoms. The lowest BCUT2D eigenvalue weighted by Crippen LogP contribution is -2.64. The lowest BCUT2D eigenvalue weighted by atomic mass is 9.93. The molecule has 2 aliphatic heterocycles. The molecule has 1 spiro atoms. The number of carbonyl (C=O) groups is 2. The maximum atomic E-state index is 13.8. The van der Waals surface area contributed by atoms with Gasteiger partial charge in [-0.05, 0) is 37.0 Å². The average Bonchev–Trinajstić information content (AvgIpc) is 3.31. The molecule has 8 heteroatoms. The van der Waals surface area contributed by atoms with Gasteiger partial charge < -0.3 is 15.1 Å². The van der Waals surface area contributed by atoms with E-state index in [0.717, 1.165) is 12.1 Å². The molecule has 142 valence electrons. The minimum absolute atomic E-state index is 0.0655. The summed E-state index contributed by atoms with van der Waals surface area (Å²) in [5, 5.41) is 6.57. The standard InChI is InChI=1S/C19H21FN4O2S/c1-22-10-17(25)24(14-6-9-27-11-14)13-19(22)7-8-23(12-19)18(26)21-16-5-3-2-4-15(16)20/h2-6,9,11H,7-8,10,12-13H2,1H3,(H,21,26)/t19-/m0/s1. The lowest BCUT2D eigenvalue weighted by molar-refractivity contribution is -0.123. The number of likely N-dealkylation sites (N-methyl/N-ethyl adjacent to an activating group) is 1. The number of piperazine rings is 1. The second kappa shape index (κ2) is 6.94. The summed E-state index contributed by atoms with van der Waals surface area (Å²) in [6.45, 7) is 1.93. The molecule has 0 aliphatic carbocycles. The van der Waals surface area contributed by atoms with Crippen LogP contribution in [0.3, 0.4) is 0 Å². The lowest BCUT2D eigenvalue weighted by Gasteiger charge is -2.46. The topological polar surface area (TPSA) is 55.9 Å². The van der Waals surface area contributed by atoms with Gasteiger partial charge >= 0.3 is 6.03 Å². The summed E-state index contributed by atoms with van der Waals surface area (Å²) in [7, 11) is 1.93. The van der Waals surface area contributed by atoms with Crippen LogP contribution in [0.1, 0.15) is 6.42 Å². The number of thiophene rings is 1. The van der Waals surface area contributed by atoms with Crippen LogP contribution in [0, 0.1) is 5.82 Å². The van der Waals surface area contributed by atoms with Gasteiger partial charge in [-0.1, -0.05) is 12.1 Å². The average molecular weight is 388 g/mol. The van der Waals surface area contributed by atoms with Gasteiger partial charge in [0.15, 0.2) is 0 Å². The Kier molecular flexibility index (Phi) is 4.61. The third-order valence-electron chi connectivity index (χ3n) is 5.49. The number of benzene rings is 1. The zero-order valence-electron chi connectivity index (χ0n) is 15.0. The first-order valence-electron chi connectivity index (χ1n) is 8.83. The molecule has 3 amide bonds. The van der Waals surface area contributed by atoms with Crippen molar-refractivity contribution >= 4 is 34.6 Å². The number of carbonyl (C=O) groups excluding carboxylic acids is 2. The van der Waals surface area contributed by atoms with Gasteiger partial charge in [0.2, 0.25) is 5.91 Å². The van der Waals surface area contributed by atoms with Gasteiger partial charge in [-0.3, -0.25) is 9.69 Å². The van der Waals surface area contributed by atoms with Crippen molar-refractivity contribution in [1.29, 1.82) is 0 Å². The third kappa shape index (κ3) is 3.30. The number of urea groups is 1. The first-order chi connectivity index (χ1) is 13.0. The van der Waals surface area contributed by atoms with E-state index >= 15 is 0 Å². The Labute approximate surface area is 161 Å². The highest BCUT2D eigenvalue weighted by Gasteiger charge is 2.48. The van der Waals surface area contributed by atoms with Crippen molar-refractivity contribution in [3.8, 4) is 0 Å². The number of anilines is 2. The molecule has 1 atom stereocenters. The first-order valence-corrected chi connectivity index (χ1v) is 9.77. The number of nitrogens with zero attached hydrogens (tertiary/aromatic N) is 3. The van der Waals surface area contributed by atoms with Crippen LogP contribution in [-0.4, -0.2) is 60.5 Å². The van der Waals surface area contributed by atoms with Crippen molar-refractivity contribution in [3.63, 3.8) is 0 Å². The van der Waals surface area contributed by atoms with Gasteiger partial charge in [-0.2, -0.15) is 11.3 Å². The molecular formula is C19H21FN4O2S. The molecule has 1 aromatic carbocycles. The molecule has 2 fully saturated rings. The fourth-order valence-electron chi connectivity index (χ4n) is 3.83. The highest BCUT2D eigenvalue weighted by atomic mass is 32.1. The van der Waals surface area contributed by atoms with Gasteiger partial charge in [0.25, 0.3) is 0 Å². The van der Waals surface area contributed by atoms with E-state index in [1.54, 1.807) is 34.4 Å². The largest absolute Gasteiger partial charge is 0.323 e. The molecule has 1 N–H and O–H groups in total. The smallest absolute Gasteiger partial charge is 0.321 e. The minimum Gasteiger partial charge on any atom is -0.323 e. The molecule has 0 radical (unpaired) electrons. The predicted molar refractivity (Wildman–Crippen MR) is 104 cm³/mol. The number of hydrogen-bond donors (Lipinski definition) is 1. The fourth-order valence-corrected chi connectivity index (χ4v) is 4.47. The Balaban J connectivity index is 1.49. The van der Waals surface area contributed by atoms with Gasteiger partial charge in [0.05, 0.1) is 23.5 Å². The SMILES string of the molecule is CN1CC(=O)N(c2ccsc2)C[C@@]12CCN(C(=O)Nc1ccccc1F)C2. The van der Waals surface area contributed by atoms with E-state index < -0.39 is 5.82 Å². The molecule has 3 heterocycles. The van der Waals surface area contributed by atoms with Gasteiger partial charge in [-0.25, -0.2) is 9.18 Å². The van der Waals surface area contributed by atoms with Gasteiger partial charge in [-0.15, -0.1) is 0 Å². The number of likely N-dealkylation sites (tertiary alicyclic amines) is 1. The van der Waals surface area contributed by atoms with Crippen molar-refractivity contribution in [1.82, 2.24) is 9.80 Å². The number of halogens is 1. The normalized spacial score (nSPS) is 23.3. The molecule has 2 aromatic rings. The number of nitrogens with one attached hydrogen (secondary N) is 1. The summed E-state index contributed by atoms with van der Waals surface area (Å²) in [4.78, 5) is 30.7. The van der Waals surface area contributed by atoms with Crippen molar-refractivity contribution in [2.75, 3.05) is 43.4 Å². The molecule has 2 aliphatic rings. The van der Waals surface area contributed by atoms with Gasteiger partial charge in [0.1, 0.15) is 5.82 Å². The Morgan fingerprint density at radius 3 is 2.81 bits per heavy atom. The summed E-state index contributed by atoms with van der Waals surface area (Å²) < 4.78 is 13.8. The fraction of sp³-hybridized carbons (Fsp3) is 0.368. The summed E-state index contributed by atoms with van der Waals surface area (Å²) in [6, 6.07) is 7.76. The molecule has 0 saturated carbocycles. The van der Waals surface area contributed by atoms with Crippen LogP contribution in [0.2, 0.25) is 0 Å². The quantitative estimate of drug-likeness (QED) is 0.861. The Bertz CT molecular complexity index is 859. The number of rotatable bonds is 2. The predicted octanol–water partition coefficient (Wildman–Crippen LogP) is 2.84.